The first kappa shape index (κ1) is 16.3. The van der Waals surface area contributed by atoms with Crippen LogP contribution in [0.4, 0.5) is 5.69 Å². The molecular formula is C22H16N4O2. The van der Waals surface area contributed by atoms with Gasteiger partial charge in [0.1, 0.15) is 0 Å². The molecule has 5 rings (SSSR count). The number of rotatable bonds is 4. The van der Waals surface area contributed by atoms with Gasteiger partial charge in [-0.25, -0.2) is 0 Å². The molecule has 0 radical (unpaired) electrons. The number of hydrogen-bond donors (Lipinski definition) is 2. The Hall–Kier alpha value is -3.93. The standard InChI is InChI=1S/C22H16N4O2/c27-20(23-18-11-6-12-19-22(18)25-26-28-19)13-16-15-9-4-5-10-17(15)24-21(16)14-7-2-1-3-8-14/h1-12,24H,13H2,(H,23,27). The molecule has 0 fully saturated rings. The lowest BCUT2D eigenvalue weighted by Gasteiger charge is -2.07. The van der Waals surface area contributed by atoms with E-state index in [9.17, 15) is 4.79 Å². The summed E-state index contributed by atoms with van der Waals surface area (Å²) in [5.41, 5.74) is 5.64. The molecule has 0 saturated heterocycles. The Kier molecular flexibility index (Phi) is 3.87. The number of fused-ring (bicyclic) bond motifs is 2. The highest BCUT2D eigenvalue weighted by Gasteiger charge is 2.17. The number of amides is 1. The van der Waals surface area contributed by atoms with Crippen molar-refractivity contribution in [1.29, 1.82) is 0 Å². The van der Waals surface area contributed by atoms with Gasteiger partial charge in [0, 0.05) is 16.2 Å². The zero-order valence-electron chi connectivity index (χ0n) is 14.8. The second kappa shape index (κ2) is 6.66. The lowest BCUT2D eigenvalue weighted by atomic mass is 10.0. The Morgan fingerprint density at radius 2 is 1.79 bits per heavy atom. The molecule has 0 unspecified atom stereocenters. The molecule has 0 aliphatic rings. The second-order valence-corrected chi connectivity index (χ2v) is 6.54. The molecular weight excluding hydrogens is 352 g/mol. The molecule has 0 saturated carbocycles. The van der Waals surface area contributed by atoms with Crippen molar-refractivity contribution in [3.63, 3.8) is 0 Å². The SMILES string of the molecule is O=C(Cc1c(-c2ccccc2)[nH]c2ccccc12)Nc1cccc2onnc12. The smallest absolute Gasteiger partial charge is 0.228 e. The highest BCUT2D eigenvalue weighted by Crippen LogP contribution is 2.31. The Balaban J connectivity index is 1.52. The minimum absolute atomic E-state index is 0.127. The first-order valence-electron chi connectivity index (χ1n) is 8.95. The molecule has 0 atom stereocenters. The van der Waals surface area contributed by atoms with Crippen molar-refractivity contribution in [3.8, 4) is 11.3 Å². The number of nitrogens with one attached hydrogen (secondary N) is 2. The highest BCUT2D eigenvalue weighted by atomic mass is 16.5. The summed E-state index contributed by atoms with van der Waals surface area (Å²) in [6, 6.07) is 23.4. The topological polar surface area (TPSA) is 83.8 Å². The number of H-pyrrole nitrogens is 1. The van der Waals surface area contributed by atoms with E-state index in [1.54, 1.807) is 18.2 Å². The number of aromatic amines is 1. The van der Waals surface area contributed by atoms with Gasteiger partial charge in [0.25, 0.3) is 0 Å². The minimum atomic E-state index is -0.127. The molecule has 0 aliphatic carbocycles. The average Bonchev–Trinajstić information content (AvgIpc) is 3.34. The molecule has 28 heavy (non-hydrogen) atoms. The Labute approximate surface area is 160 Å². The van der Waals surface area contributed by atoms with Gasteiger partial charge in [-0.2, -0.15) is 0 Å². The van der Waals surface area contributed by atoms with E-state index < -0.39 is 0 Å². The molecule has 0 bridgehead atoms. The van der Waals surface area contributed by atoms with Crippen LogP contribution in [0.1, 0.15) is 5.56 Å². The van der Waals surface area contributed by atoms with Gasteiger partial charge in [-0.3, -0.25) is 4.79 Å². The van der Waals surface area contributed by atoms with E-state index in [-0.39, 0.29) is 12.3 Å². The molecule has 136 valence electrons. The van der Waals surface area contributed by atoms with E-state index in [0.29, 0.717) is 16.8 Å². The van der Waals surface area contributed by atoms with E-state index >= 15 is 0 Å². The van der Waals surface area contributed by atoms with Crippen LogP contribution in [0.5, 0.6) is 0 Å². The Morgan fingerprint density at radius 1 is 0.964 bits per heavy atom. The Morgan fingerprint density at radius 3 is 2.68 bits per heavy atom. The molecule has 5 aromatic rings. The molecule has 0 aliphatic heterocycles. The third kappa shape index (κ3) is 2.81. The van der Waals surface area contributed by atoms with Crippen molar-refractivity contribution in [1.82, 2.24) is 15.4 Å². The molecule has 3 aromatic carbocycles. The van der Waals surface area contributed by atoms with Crippen LogP contribution in [0.2, 0.25) is 0 Å². The molecule has 0 spiro atoms. The predicted molar refractivity (Wildman–Crippen MR) is 108 cm³/mol. The molecule has 2 N–H and O–H groups in total. The summed E-state index contributed by atoms with van der Waals surface area (Å²) in [6.07, 6.45) is 0.232. The van der Waals surface area contributed by atoms with Crippen LogP contribution in [0.3, 0.4) is 0 Å². The van der Waals surface area contributed by atoms with Crippen molar-refractivity contribution >= 4 is 33.6 Å². The number of benzene rings is 3. The first-order valence-corrected chi connectivity index (χ1v) is 8.95. The van der Waals surface area contributed by atoms with Crippen molar-refractivity contribution in [2.45, 2.75) is 6.42 Å². The van der Waals surface area contributed by atoms with Gasteiger partial charge in [-0.1, -0.05) is 54.6 Å². The van der Waals surface area contributed by atoms with Crippen LogP contribution in [0.15, 0.2) is 77.3 Å². The highest BCUT2D eigenvalue weighted by molar-refractivity contribution is 6.02. The quantitative estimate of drug-likeness (QED) is 0.487. The fourth-order valence-corrected chi connectivity index (χ4v) is 3.50. The maximum atomic E-state index is 12.9. The zero-order valence-corrected chi connectivity index (χ0v) is 14.8. The van der Waals surface area contributed by atoms with Gasteiger partial charge >= 0.3 is 0 Å². The van der Waals surface area contributed by atoms with Crippen molar-refractivity contribution < 1.29 is 9.32 Å². The fourth-order valence-electron chi connectivity index (χ4n) is 3.50. The largest absolute Gasteiger partial charge is 0.354 e. The molecule has 2 aromatic heterocycles. The summed E-state index contributed by atoms with van der Waals surface area (Å²) in [5, 5.41) is 11.5. The summed E-state index contributed by atoms with van der Waals surface area (Å²) in [7, 11) is 0. The monoisotopic (exact) mass is 368 g/mol. The van der Waals surface area contributed by atoms with Gasteiger partial charge in [-0.05, 0) is 29.3 Å². The summed E-state index contributed by atoms with van der Waals surface area (Å²) in [4.78, 5) is 16.3. The van der Waals surface area contributed by atoms with Crippen molar-refractivity contribution in [3.05, 3.63) is 78.4 Å². The van der Waals surface area contributed by atoms with Gasteiger partial charge in [0.2, 0.25) is 5.91 Å². The molecule has 1 amide bonds. The van der Waals surface area contributed by atoms with Crippen LogP contribution in [-0.2, 0) is 11.2 Å². The van der Waals surface area contributed by atoms with Crippen molar-refractivity contribution in [2.75, 3.05) is 5.32 Å². The summed E-state index contributed by atoms with van der Waals surface area (Å²) in [5.74, 6) is -0.127. The Bertz CT molecular complexity index is 1290. The van der Waals surface area contributed by atoms with E-state index in [0.717, 1.165) is 27.7 Å². The second-order valence-electron chi connectivity index (χ2n) is 6.54. The number of carbonyl (C=O) groups is 1. The third-order valence-corrected chi connectivity index (χ3v) is 4.77. The lowest BCUT2D eigenvalue weighted by Crippen LogP contribution is -2.15. The van der Waals surface area contributed by atoms with Gasteiger partial charge < -0.3 is 14.8 Å². The summed E-state index contributed by atoms with van der Waals surface area (Å²) < 4.78 is 5.06. The summed E-state index contributed by atoms with van der Waals surface area (Å²) >= 11 is 0. The third-order valence-electron chi connectivity index (χ3n) is 4.77. The number of carbonyl (C=O) groups excluding carboxylic acids is 1. The number of anilines is 1. The van der Waals surface area contributed by atoms with Crippen LogP contribution in [-0.4, -0.2) is 21.3 Å². The van der Waals surface area contributed by atoms with Crippen molar-refractivity contribution in [2.24, 2.45) is 0 Å². The number of nitrogens with zero attached hydrogens (tertiary/aromatic N) is 2. The molecule has 2 heterocycles. The minimum Gasteiger partial charge on any atom is -0.354 e. The maximum absolute atomic E-state index is 12.9. The van der Waals surface area contributed by atoms with Crippen LogP contribution < -0.4 is 5.32 Å². The predicted octanol–water partition coefficient (Wildman–Crippen LogP) is 4.55. The van der Waals surface area contributed by atoms with E-state index in [2.05, 4.69) is 20.7 Å². The zero-order chi connectivity index (χ0) is 18.9. The van der Waals surface area contributed by atoms with Crippen LogP contribution in [0.25, 0.3) is 33.3 Å². The average molecular weight is 368 g/mol. The first-order chi connectivity index (χ1) is 13.8. The fraction of sp³-hybridized carbons (Fsp3) is 0.0455. The molecule has 6 heteroatoms. The summed E-state index contributed by atoms with van der Waals surface area (Å²) in [6.45, 7) is 0. The molecule has 6 nitrogen and oxygen atoms in total. The van der Waals surface area contributed by atoms with Gasteiger partial charge in [-0.15, -0.1) is 5.10 Å². The normalized spacial score (nSPS) is 11.1. The number of para-hydroxylation sites is 1. The van der Waals surface area contributed by atoms with E-state index in [1.807, 2.05) is 54.6 Å². The number of hydrogen-bond acceptors (Lipinski definition) is 4. The van der Waals surface area contributed by atoms with E-state index in [1.165, 1.54) is 0 Å². The van der Waals surface area contributed by atoms with Crippen LogP contribution in [0, 0.1) is 0 Å². The van der Waals surface area contributed by atoms with Gasteiger partial charge in [0.05, 0.1) is 17.8 Å². The van der Waals surface area contributed by atoms with E-state index in [4.69, 9.17) is 4.52 Å². The van der Waals surface area contributed by atoms with Crippen LogP contribution >= 0.6 is 0 Å². The maximum Gasteiger partial charge on any atom is 0.228 e. The number of aromatic nitrogens is 3. The lowest BCUT2D eigenvalue weighted by molar-refractivity contribution is -0.115. The van der Waals surface area contributed by atoms with Gasteiger partial charge in [0.15, 0.2) is 11.1 Å².